The summed E-state index contributed by atoms with van der Waals surface area (Å²) in [6, 6.07) is 0. The van der Waals surface area contributed by atoms with E-state index in [1.807, 2.05) is 0 Å². The van der Waals surface area contributed by atoms with E-state index in [1.54, 1.807) is 7.11 Å². The number of rotatable bonds is 5. The smallest absolute Gasteiger partial charge is 0.141 e. The van der Waals surface area contributed by atoms with Gasteiger partial charge in [-0.2, -0.15) is 0 Å². The van der Waals surface area contributed by atoms with Gasteiger partial charge in [0.25, 0.3) is 0 Å². The second kappa shape index (κ2) is 5.50. The summed E-state index contributed by atoms with van der Waals surface area (Å²) >= 11 is 0. The number of methoxy groups -OCH3 is 1. The Hall–Kier alpha value is -0.370. The first-order valence-electron chi connectivity index (χ1n) is 5.77. The Morgan fingerprint density at radius 1 is 1.29 bits per heavy atom. The molecular formula is C12H22O2. The van der Waals surface area contributed by atoms with Crippen LogP contribution < -0.4 is 0 Å². The molecule has 0 bridgehead atoms. The van der Waals surface area contributed by atoms with Crippen LogP contribution in [0.3, 0.4) is 0 Å². The predicted molar refractivity (Wildman–Crippen MR) is 57.3 cm³/mol. The van der Waals surface area contributed by atoms with E-state index in [0.717, 1.165) is 25.7 Å². The molecule has 1 rings (SSSR count). The molecule has 1 aliphatic carbocycles. The summed E-state index contributed by atoms with van der Waals surface area (Å²) < 4.78 is 5.23. The lowest BCUT2D eigenvalue weighted by Crippen LogP contribution is -2.37. The quantitative estimate of drug-likeness (QED) is 0.679. The highest BCUT2D eigenvalue weighted by atomic mass is 16.5. The zero-order valence-corrected chi connectivity index (χ0v) is 9.47. The molecule has 0 atom stereocenters. The minimum Gasteiger partial charge on any atom is -0.384 e. The highest BCUT2D eigenvalue weighted by Gasteiger charge is 2.38. The van der Waals surface area contributed by atoms with Gasteiger partial charge in [-0.15, -0.1) is 0 Å². The Bertz CT molecular complexity index is 175. The Balaban J connectivity index is 2.63. The molecule has 2 nitrogen and oxygen atoms in total. The van der Waals surface area contributed by atoms with Crippen molar-refractivity contribution in [3.63, 3.8) is 0 Å². The third-order valence-electron chi connectivity index (χ3n) is 3.30. The van der Waals surface area contributed by atoms with Crippen molar-refractivity contribution in [2.45, 2.75) is 51.9 Å². The molecule has 0 radical (unpaired) electrons. The van der Waals surface area contributed by atoms with Crippen molar-refractivity contribution in [3.05, 3.63) is 0 Å². The molecule has 0 saturated heterocycles. The Morgan fingerprint density at radius 2 is 1.93 bits per heavy atom. The van der Waals surface area contributed by atoms with Crippen molar-refractivity contribution in [2.24, 2.45) is 5.41 Å². The SMILES string of the molecule is CCCC(=O)C1(COC)CCCCC1. The summed E-state index contributed by atoms with van der Waals surface area (Å²) in [6.07, 6.45) is 7.44. The second-order valence-corrected chi connectivity index (χ2v) is 4.45. The Kier molecular flexibility index (Phi) is 4.59. The third-order valence-corrected chi connectivity index (χ3v) is 3.30. The topological polar surface area (TPSA) is 26.3 Å². The van der Waals surface area contributed by atoms with E-state index >= 15 is 0 Å². The first-order valence-corrected chi connectivity index (χ1v) is 5.77. The van der Waals surface area contributed by atoms with Gasteiger partial charge < -0.3 is 4.74 Å². The van der Waals surface area contributed by atoms with Gasteiger partial charge in [-0.3, -0.25) is 4.79 Å². The van der Waals surface area contributed by atoms with Crippen LogP contribution in [0.2, 0.25) is 0 Å². The molecule has 1 fully saturated rings. The Labute approximate surface area is 87.0 Å². The number of ketones is 1. The fourth-order valence-electron chi connectivity index (χ4n) is 2.50. The molecule has 82 valence electrons. The molecule has 0 unspecified atom stereocenters. The summed E-state index contributed by atoms with van der Waals surface area (Å²) in [4.78, 5) is 12.0. The average Bonchev–Trinajstić information content (AvgIpc) is 2.20. The number of hydrogen-bond acceptors (Lipinski definition) is 2. The normalized spacial score (nSPS) is 20.7. The van der Waals surface area contributed by atoms with E-state index in [-0.39, 0.29) is 5.41 Å². The van der Waals surface area contributed by atoms with Gasteiger partial charge in [-0.05, 0) is 19.3 Å². The number of Topliss-reactive ketones (excluding diaryl/α,β-unsaturated/α-hetero) is 1. The number of ether oxygens (including phenoxy) is 1. The fraction of sp³-hybridized carbons (Fsp3) is 0.917. The van der Waals surface area contributed by atoms with Gasteiger partial charge >= 0.3 is 0 Å². The third kappa shape index (κ3) is 2.57. The standard InChI is InChI=1S/C12H22O2/c1-3-7-11(13)12(10-14-2)8-5-4-6-9-12/h3-10H2,1-2H3. The molecule has 0 heterocycles. The van der Waals surface area contributed by atoms with Crippen molar-refractivity contribution in [3.8, 4) is 0 Å². The molecule has 0 spiro atoms. The monoisotopic (exact) mass is 198 g/mol. The highest BCUT2D eigenvalue weighted by molar-refractivity contribution is 5.85. The van der Waals surface area contributed by atoms with Gasteiger partial charge in [0.15, 0.2) is 0 Å². The predicted octanol–water partition coefficient (Wildman–Crippen LogP) is 2.95. The molecule has 0 aliphatic heterocycles. The van der Waals surface area contributed by atoms with Crippen LogP contribution >= 0.6 is 0 Å². The van der Waals surface area contributed by atoms with E-state index in [2.05, 4.69) is 6.92 Å². The number of carbonyl (C=O) groups is 1. The lowest BCUT2D eigenvalue weighted by molar-refractivity contribution is -0.134. The van der Waals surface area contributed by atoms with Gasteiger partial charge in [0.1, 0.15) is 5.78 Å². The maximum Gasteiger partial charge on any atom is 0.141 e. The Morgan fingerprint density at radius 3 is 2.43 bits per heavy atom. The van der Waals surface area contributed by atoms with Crippen LogP contribution in [0.25, 0.3) is 0 Å². The maximum absolute atomic E-state index is 12.0. The first-order chi connectivity index (χ1) is 6.75. The summed E-state index contributed by atoms with van der Waals surface area (Å²) in [5.41, 5.74) is -0.122. The largest absolute Gasteiger partial charge is 0.384 e. The average molecular weight is 198 g/mol. The molecule has 14 heavy (non-hydrogen) atoms. The van der Waals surface area contributed by atoms with Gasteiger partial charge in [-0.25, -0.2) is 0 Å². The van der Waals surface area contributed by atoms with Crippen LogP contribution in [0.15, 0.2) is 0 Å². The van der Waals surface area contributed by atoms with Crippen LogP contribution in [-0.4, -0.2) is 19.5 Å². The van der Waals surface area contributed by atoms with Crippen molar-refractivity contribution >= 4 is 5.78 Å². The molecule has 0 aromatic carbocycles. The van der Waals surface area contributed by atoms with Gasteiger partial charge in [0.2, 0.25) is 0 Å². The van der Waals surface area contributed by atoms with Gasteiger partial charge in [-0.1, -0.05) is 26.2 Å². The maximum atomic E-state index is 12.0. The first kappa shape index (κ1) is 11.7. The van der Waals surface area contributed by atoms with Crippen LogP contribution in [-0.2, 0) is 9.53 Å². The van der Waals surface area contributed by atoms with Crippen molar-refractivity contribution < 1.29 is 9.53 Å². The molecule has 0 aromatic heterocycles. The van der Waals surface area contributed by atoms with Gasteiger partial charge in [0, 0.05) is 13.5 Å². The summed E-state index contributed by atoms with van der Waals surface area (Å²) in [6.45, 7) is 2.70. The van der Waals surface area contributed by atoms with Crippen LogP contribution in [0, 0.1) is 5.41 Å². The van der Waals surface area contributed by atoms with E-state index in [1.165, 1.54) is 19.3 Å². The molecule has 1 aliphatic rings. The lowest BCUT2D eigenvalue weighted by Gasteiger charge is -2.35. The van der Waals surface area contributed by atoms with Crippen LogP contribution in [0.5, 0.6) is 0 Å². The minimum absolute atomic E-state index is 0.122. The molecule has 0 N–H and O–H groups in total. The molecular weight excluding hydrogens is 176 g/mol. The molecule has 1 saturated carbocycles. The number of hydrogen-bond donors (Lipinski definition) is 0. The molecule has 0 amide bonds. The second-order valence-electron chi connectivity index (χ2n) is 4.45. The number of carbonyl (C=O) groups excluding carboxylic acids is 1. The van der Waals surface area contributed by atoms with Crippen LogP contribution in [0.1, 0.15) is 51.9 Å². The zero-order chi connectivity index (χ0) is 10.4. The van der Waals surface area contributed by atoms with E-state index < -0.39 is 0 Å². The lowest BCUT2D eigenvalue weighted by atomic mass is 9.70. The zero-order valence-electron chi connectivity index (χ0n) is 9.47. The molecule has 0 aromatic rings. The summed E-state index contributed by atoms with van der Waals surface area (Å²) in [5, 5.41) is 0. The van der Waals surface area contributed by atoms with Crippen molar-refractivity contribution in [2.75, 3.05) is 13.7 Å². The van der Waals surface area contributed by atoms with Crippen molar-refractivity contribution in [1.82, 2.24) is 0 Å². The molecule has 2 heteroatoms. The van der Waals surface area contributed by atoms with Crippen molar-refractivity contribution in [1.29, 1.82) is 0 Å². The van der Waals surface area contributed by atoms with E-state index in [4.69, 9.17) is 4.74 Å². The van der Waals surface area contributed by atoms with E-state index in [9.17, 15) is 4.79 Å². The minimum atomic E-state index is -0.122. The van der Waals surface area contributed by atoms with Crippen LogP contribution in [0.4, 0.5) is 0 Å². The highest BCUT2D eigenvalue weighted by Crippen LogP contribution is 2.38. The van der Waals surface area contributed by atoms with E-state index in [0.29, 0.717) is 12.4 Å². The van der Waals surface area contributed by atoms with Gasteiger partial charge in [0.05, 0.1) is 12.0 Å². The summed E-state index contributed by atoms with van der Waals surface area (Å²) in [5.74, 6) is 0.432. The summed E-state index contributed by atoms with van der Waals surface area (Å²) in [7, 11) is 1.70. The fourth-order valence-corrected chi connectivity index (χ4v) is 2.50.